The molecule has 3 amide bonds. The van der Waals surface area contributed by atoms with Crippen LogP contribution < -0.4 is 4.90 Å². The van der Waals surface area contributed by atoms with Crippen molar-refractivity contribution >= 4 is 17.6 Å². The molecule has 0 aromatic heterocycles. The van der Waals surface area contributed by atoms with Crippen LogP contribution in [-0.2, 0) is 17.8 Å². The van der Waals surface area contributed by atoms with E-state index in [2.05, 4.69) is 0 Å². The Morgan fingerprint density at radius 3 is 2.11 bits per heavy atom. The minimum absolute atomic E-state index is 0.00192. The molecule has 0 bridgehead atoms. The Labute approximate surface area is 201 Å². The first kappa shape index (κ1) is 24.0. The van der Waals surface area contributed by atoms with Crippen LogP contribution in [0.15, 0.2) is 54.6 Å². The van der Waals surface area contributed by atoms with E-state index in [-0.39, 0.29) is 6.54 Å². The number of nitrogens with zero attached hydrogens (tertiary/aromatic N) is 3. The fourth-order valence-corrected chi connectivity index (χ4v) is 4.26. The number of amides is 3. The molecule has 0 saturated carbocycles. The van der Waals surface area contributed by atoms with E-state index in [0.29, 0.717) is 11.3 Å². The van der Waals surface area contributed by atoms with Gasteiger partial charge in [-0.05, 0) is 43.9 Å². The average molecular weight is 477 g/mol. The lowest BCUT2D eigenvalue weighted by molar-refractivity contribution is -0.123. The van der Waals surface area contributed by atoms with E-state index in [1.54, 1.807) is 6.07 Å². The largest absolute Gasteiger partial charge is 0.332 e. The maximum atomic E-state index is 15.1. The number of nitriles is 1. The van der Waals surface area contributed by atoms with Gasteiger partial charge in [-0.2, -0.15) is 5.26 Å². The van der Waals surface area contributed by atoms with E-state index < -0.39 is 51.7 Å². The second-order valence-electron chi connectivity index (χ2n) is 8.90. The van der Waals surface area contributed by atoms with Gasteiger partial charge >= 0.3 is 6.03 Å². The number of hydrogen-bond donors (Lipinski definition) is 0. The van der Waals surface area contributed by atoms with Gasteiger partial charge in [0.2, 0.25) is 0 Å². The third-order valence-corrected chi connectivity index (χ3v) is 6.38. The number of imide groups is 1. The Morgan fingerprint density at radius 2 is 1.49 bits per heavy atom. The molecule has 3 aromatic rings. The number of carbonyl (C=O) groups excluding carboxylic acids is 2. The summed E-state index contributed by atoms with van der Waals surface area (Å²) in [5.74, 6) is -5.59. The molecular formula is C27H22F3N3O2. The molecule has 0 spiro atoms. The highest BCUT2D eigenvalue weighted by Gasteiger charge is 2.53. The molecule has 178 valence electrons. The number of anilines is 1. The molecule has 0 radical (unpaired) electrons. The van der Waals surface area contributed by atoms with E-state index in [4.69, 9.17) is 5.26 Å². The standard InChI is InChI=1S/C27H22F3N3O2/c1-16-20(14-31)22(29)23(30)24(21(16)28)33-25(34)27(2,3)32(26(33)35)15-19-12-8-7-11-18(19)13-17-9-5-4-6-10-17/h4-12H,13,15H2,1-3H3. The summed E-state index contributed by atoms with van der Waals surface area (Å²) in [6.45, 7) is 4.02. The first-order valence-electron chi connectivity index (χ1n) is 10.9. The van der Waals surface area contributed by atoms with Crippen LogP contribution in [0.1, 0.15) is 41.7 Å². The first-order valence-corrected chi connectivity index (χ1v) is 10.9. The summed E-state index contributed by atoms with van der Waals surface area (Å²) >= 11 is 0. The van der Waals surface area contributed by atoms with Crippen LogP contribution in [-0.4, -0.2) is 22.4 Å². The number of urea groups is 1. The molecule has 0 atom stereocenters. The Morgan fingerprint density at radius 1 is 0.886 bits per heavy atom. The van der Waals surface area contributed by atoms with Crippen LogP contribution in [0, 0.1) is 35.7 Å². The van der Waals surface area contributed by atoms with E-state index in [9.17, 15) is 18.4 Å². The molecule has 1 aliphatic rings. The Balaban J connectivity index is 1.74. The highest BCUT2D eigenvalue weighted by atomic mass is 19.2. The normalized spacial score (nSPS) is 15.0. The summed E-state index contributed by atoms with van der Waals surface area (Å²) in [7, 11) is 0. The Kier molecular flexibility index (Phi) is 6.12. The van der Waals surface area contributed by atoms with Crippen LogP contribution in [0.3, 0.4) is 0 Å². The van der Waals surface area contributed by atoms with Crippen LogP contribution in [0.2, 0.25) is 0 Å². The molecule has 3 aromatic carbocycles. The van der Waals surface area contributed by atoms with Gasteiger partial charge in [0, 0.05) is 12.1 Å². The van der Waals surface area contributed by atoms with Crippen molar-refractivity contribution in [1.82, 2.24) is 4.90 Å². The quantitative estimate of drug-likeness (QED) is 0.354. The van der Waals surface area contributed by atoms with E-state index in [1.807, 2.05) is 48.5 Å². The lowest BCUT2D eigenvalue weighted by Crippen LogP contribution is -2.43. The Hall–Kier alpha value is -4.12. The zero-order chi connectivity index (χ0) is 25.5. The number of halogens is 3. The molecule has 0 aliphatic carbocycles. The molecule has 0 unspecified atom stereocenters. The van der Waals surface area contributed by atoms with E-state index >= 15 is 4.39 Å². The van der Waals surface area contributed by atoms with Crippen LogP contribution >= 0.6 is 0 Å². The molecule has 1 saturated heterocycles. The van der Waals surface area contributed by atoms with Crippen molar-refractivity contribution < 1.29 is 22.8 Å². The van der Waals surface area contributed by atoms with Gasteiger partial charge in [0.1, 0.15) is 17.3 Å². The molecular weight excluding hydrogens is 455 g/mol. The molecule has 5 nitrogen and oxygen atoms in total. The fraction of sp³-hybridized carbons (Fsp3) is 0.222. The Bertz CT molecular complexity index is 1350. The van der Waals surface area contributed by atoms with Crippen molar-refractivity contribution in [2.75, 3.05) is 4.90 Å². The molecule has 35 heavy (non-hydrogen) atoms. The van der Waals surface area contributed by atoms with Crippen LogP contribution in [0.4, 0.5) is 23.7 Å². The molecule has 1 fully saturated rings. The van der Waals surface area contributed by atoms with Crippen molar-refractivity contribution in [3.63, 3.8) is 0 Å². The van der Waals surface area contributed by atoms with Crippen molar-refractivity contribution in [2.45, 2.75) is 39.3 Å². The van der Waals surface area contributed by atoms with Gasteiger partial charge in [0.15, 0.2) is 17.5 Å². The maximum absolute atomic E-state index is 15.1. The molecule has 1 aliphatic heterocycles. The van der Waals surface area contributed by atoms with Gasteiger partial charge in [-0.1, -0.05) is 54.6 Å². The number of carbonyl (C=O) groups is 2. The first-order chi connectivity index (χ1) is 16.6. The van der Waals surface area contributed by atoms with Crippen LogP contribution in [0.25, 0.3) is 0 Å². The zero-order valence-electron chi connectivity index (χ0n) is 19.4. The third-order valence-electron chi connectivity index (χ3n) is 6.38. The number of benzene rings is 3. The highest BCUT2D eigenvalue weighted by Crippen LogP contribution is 2.38. The maximum Gasteiger partial charge on any atom is 0.332 e. The summed E-state index contributed by atoms with van der Waals surface area (Å²) in [4.78, 5) is 28.2. The predicted octanol–water partition coefficient (Wildman–Crippen LogP) is 5.62. The molecule has 8 heteroatoms. The monoisotopic (exact) mass is 477 g/mol. The summed E-state index contributed by atoms with van der Waals surface area (Å²) in [6, 6.07) is 17.5. The summed E-state index contributed by atoms with van der Waals surface area (Å²) in [5.41, 5.74) is -1.13. The second kappa shape index (κ2) is 8.91. The third kappa shape index (κ3) is 3.93. The molecule has 4 rings (SSSR count). The van der Waals surface area contributed by atoms with Crippen LogP contribution in [0.5, 0.6) is 0 Å². The van der Waals surface area contributed by atoms with E-state index in [1.165, 1.54) is 24.8 Å². The van der Waals surface area contributed by atoms with Gasteiger partial charge in [0.05, 0.1) is 5.56 Å². The SMILES string of the molecule is Cc1c(F)c(N2C(=O)N(Cc3ccccc3Cc3ccccc3)C(C)(C)C2=O)c(F)c(F)c1C#N. The second-order valence-corrected chi connectivity index (χ2v) is 8.90. The minimum atomic E-state index is -1.76. The topological polar surface area (TPSA) is 64.4 Å². The molecule has 1 heterocycles. The van der Waals surface area contributed by atoms with Gasteiger partial charge in [-0.3, -0.25) is 4.79 Å². The smallest absolute Gasteiger partial charge is 0.305 e. The van der Waals surface area contributed by atoms with Gasteiger partial charge in [0.25, 0.3) is 5.91 Å². The van der Waals surface area contributed by atoms with Crippen molar-refractivity contribution in [3.05, 3.63) is 99.9 Å². The van der Waals surface area contributed by atoms with Crippen molar-refractivity contribution in [2.24, 2.45) is 0 Å². The predicted molar refractivity (Wildman–Crippen MR) is 124 cm³/mol. The fourth-order valence-electron chi connectivity index (χ4n) is 4.26. The van der Waals surface area contributed by atoms with Crippen molar-refractivity contribution in [1.29, 1.82) is 5.26 Å². The number of hydrogen-bond acceptors (Lipinski definition) is 3. The van der Waals surface area contributed by atoms with Crippen molar-refractivity contribution in [3.8, 4) is 6.07 Å². The zero-order valence-corrected chi connectivity index (χ0v) is 19.4. The lowest BCUT2D eigenvalue weighted by atomic mass is 9.97. The van der Waals surface area contributed by atoms with E-state index in [0.717, 1.165) is 23.6 Å². The van der Waals surface area contributed by atoms with Gasteiger partial charge in [-0.15, -0.1) is 0 Å². The lowest BCUT2D eigenvalue weighted by Gasteiger charge is -2.28. The summed E-state index contributed by atoms with van der Waals surface area (Å²) < 4.78 is 44.4. The van der Waals surface area contributed by atoms with Gasteiger partial charge in [-0.25, -0.2) is 22.9 Å². The number of rotatable bonds is 5. The average Bonchev–Trinajstić information content (AvgIpc) is 3.00. The minimum Gasteiger partial charge on any atom is -0.305 e. The molecule has 0 N–H and O–H groups in total. The summed E-state index contributed by atoms with van der Waals surface area (Å²) in [6.07, 6.45) is 0.584. The van der Waals surface area contributed by atoms with Gasteiger partial charge < -0.3 is 4.90 Å². The summed E-state index contributed by atoms with van der Waals surface area (Å²) in [5, 5.41) is 9.05. The highest BCUT2D eigenvalue weighted by molar-refractivity contribution is 6.23.